The molecule has 3 rings (SSSR count). The summed E-state index contributed by atoms with van der Waals surface area (Å²) in [6.45, 7) is 13.2. The monoisotopic (exact) mass is 573 g/mol. The summed E-state index contributed by atoms with van der Waals surface area (Å²) in [6, 6.07) is 4.73. The molecular weight excluding hydrogens is 530 g/mol. The van der Waals surface area contributed by atoms with Gasteiger partial charge >= 0.3 is 17.9 Å². The Morgan fingerprint density at radius 2 is 1.41 bits per heavy atom. The molecule has 5 N–H and O–H groups in total. The minimum atomic E-state index is -2.74. The molecule has 1 aliphatic rings. The molecule has 2 aromatic heterocycles. The molecule has 12 heteroatoms. The number of rotatable bonds is 12. The number of carboxylic acid groups (broad SMARTS) is 3. The number of piperidine rings is 1. The second kappa shape index (κ2) is 14.4. The van der Waals surface area contributed by atoms with E-state index in [-0.39, 0.29) is 11.1 Å². The van der Waals surface area contributed by atoms with Gasteiger partial charge in [0.05, 0.1) is 12.8 Å². The highest BCUT2D eigenvalue weighted by Gasteiger charge is 2.41. The quantitative estimate of drug-likeness (QED) is 0.250. The Bertz CT molecular complexity index is 1120. The fourth-order valence-corrected chi connectivity index (χ4v) is 5.33. The maximum absolute atomic E-state index is 10.3. The summed E-state index contributed by atoms with van der Waals surface area (Å²) < 4.78 is 0. The zero-order valence-corrected chi connectivity index (χ0v) is 24.5. The molecule has 12 nitrogen and oxygen atoms in total. The third kappa shape index (κ3) is 11.5. The molecule has 3 heterocycles. The van der Waals surface area contributed by atoms with Gasteiger partial charge in [0.1, 0.15) is 5.82 Å². The second-order valence-corrected chi connectivity index (χ2v) is 12.0. The summed E-state index contributed by atoms with van der Waals surface area (Å²) >= 11 is 0. The maximum Gasteiger partial charge on any atom is 0.336 e. The van der Waals surface area contributed by atoms with E-state index < -0.39 is 36.4 Å². The van der Waals surface area contributed by atoms with Crippen molar-refractivity contribution in [2.75, 3.05) is 0 Å². The Balaban J connectivity index is 0.000000383. The summed E-state index contributed by atoms with van der Waals surface area (Å²) in [6.07, 6.45) is 9.75. The number of aliphatic carboxylic acids is 3. The van der Waals surface area contributed by atoms with Gasteiger partial charge in [0.2, 0.25) is 0 Å². The Morgan fingerprint density at radius 1 is 0.927 bits per heavy atom. The van der Waals surface area contributed by atoms with Gasteiger partial charge in [0.15, 0.2) is 5.60 Å². The van der Waals surface area contributed by atoms with E-state index in [0.29, 0.717) is 6.04 Å². The average molecular weight is 574 g/mol. The van der Waals surface area contributed by atoms with Crippen molar-refractivity contribution < 1.29 is 34.8 Å². The van der Waals surface area contributed by atoms with Gasteiger partial charge in [-0.25, -0.2) is 14.8 Å². The van der Waals surface area contributed by atoms with Crippen LogP contribution >= 0.6 is 0 Å². The number of hydrogen-bond acceptors (Lipinski definition) is 9. The predicted octanol–water partition coefficient (Wildman–Crippen LogP) is 2.89. The zero-order valence-electron chi connectivity index (χ0n) is 24.5. The minimum Gasteiger partial charge on any atom is -0.481 e. The number of aryl methyl sites for hydroxylation is 1. The molecular formula is C29H43N5O7. The van der Waals surface area contributed by atoms with Crippen LogP contribution in [-0.2, 0) is 33.9 Å². The highest BCUT2D eigenvalue weighted by Crippen LogP contribution is 2.33. The fourth-order valence-electron chi connectivity index (χ4n) is 5.33. The molecule has 0 saturated carbocycles. The third-order valence-electron chi connectivity index (χ3n) is 6.72. The first kappa shape index (κ1) is 33.7. The highest BCUT2D eigenvalue weighted by molar-refractivity contribution is 5.88. The van der Waals surface area contributed by atoms with Gasteiger partial charge in [-0.3, -0.25) is 19.5 Å². The van der Waals surface area contributed by atoms with Crippen LogP contribution in [0.15, 0.2) is 36.9 Å². The molecule has 0 atom stereocenters. The molecule has 0 aromatic carbocycles. The first-order chi connectivity index (χ1) is 19.0. The van der Waals surface area contributed by atoms with E-state index in [1.807, 2.05) is 24.8 Å². The number of pyridine rings is 1. The van der Waals surface area contributed by atoms with Crippen LogP contribution in [0.2, 0.25) is 0 Å². The van der Waals surface area contributed by atoms with E-state index in [9.17, 15) is 14.4 Å². The van der Waals surface area contributed by atoms with E-state index in [1.165, 1.54) is 11.1 Å². The Labute approximate surface area is 240 Å². The van der Waals surface area contributed by atoms with Gasteiger partial charge < -0.3 is 25.7 Å². The molecule has 0 amide bonds. The van der Waals surface area contributed by atoms with Crippen molar-refractivity contribution in [1.82, 2.24) is 25.2 Å². The third-order valence-corrected chi connectivity index (χ3v) is 6.72. The van der Waals surface area contributed by atoms with E-state index >= 15 is 0 Å². The number of carbonyl (C=O) groups is 3. The number of carboxylic acids is 3. The molecule has 0 radical (unpaired) electrons. The lowest BCUT2D eigenvalue weighted by atomic mass is 9.79. The second-order valence-electron chi connectivity index (χ2n) is 12.0. The lowest BCUT2D eigenvalue weighted by Gasteiger charge is -2.49. The lowest BCUT2D eigenvalue weighted by molar-refractivity contribution is -0.170. The highest BCUT2D eigenvalue weighted by atomic mass is 16.4. The van der Waals surface area contributed by atoms with E-state index in [1.54, 1.807) is 0 Å². The van der Waals surface area contributed by atoms with Crippen LogP contribution in [0.1, 0.15) is 83.7 Å². The fraction of sp³-hybridized carbons (Fsp3) is 0.586. The Kier molecular flexibility index (Phi) is 11.9. The number of aromatic nitrogens is 3. The topological polar surface area (TPSA) is 186 Å². The van der Waals surface area contributed by atoms with Crippen molar-refractivity contribution in [2.45, 2.75) is 109 Å². The van der Waals surface area contributed by atoms with Crippen LogP contribution in [0.5, 0.6) is 0 Å². The van der Waals surface area contributed by atoms with Crippen molar-refractivity contribution in [3.63, 3.8) is 0 Å². The zero-order chi connectivity index (χ0) is 30.8. The van der Waals surface area contributed by atoms with Gasteiger partial charge in [0.25, 0.3) is 0 Å². The molecule has 1 fully saturated rings. The number of nitrogens with one attached hydrogen (secondary N) is 1. The smallest absolute Gasteiger partial charge is 0.336 e. The first-order valence-electron chi connectivity index (χ1n) is 13.7. The molecule has 1 aliphatic heterocycles. The summed E-state index contributed by atoms with van der Waals surface area (Å²) in [5.41, 5.74) is -0.0253. The van der Waals surface area contributed by atoms with Crippen molar-refractivity contribution in [1.29, 1.82) is 0 Å². The van der Waals surface area contributed by atoms with Gasteiger partial charge in [-0.1, -0.05) is 6.92 Å². The van der Waals surface area contributed by atoms with Crippen LogP contribution < -0.4 is 5.32 Å². The van der Waals surface area contributed by atoms with Crippen LogP contribution in [0.25, 0.3) is 0 Å². The molecule has 0 bridgehead atoms. The summed E-state index contributed by atoms with van der Waals surface area (Å²) in [4.78, 5) is 46.4. The number of nitrogens with zero attached hydrogens (tertiary/aromatic N) is 4. The SMILES string of the molecule is CCCc1ncc(CN(Cc2ccncc2)C2CC(C)(C)NC(C)(C)C2)cn1.O=C(O)CC(O)(CC(=O)O)C(=O)O. The summed E-state index contributed by atoms with van der Waals surface area (Å²) in [5, 5.41) is 37.6. The van der Waals surface area contributed by atoms with Gasteiger partial charge in [-0.05, 0) is 64.7 Å². The van der Waals surface area contributed by atoms with Crippen LogP contribution in [-0.4, -0.2) is 80.9 Å². The summed E-state index contributed by atoms with van der Waals surface area (Å²) in [7, 11) is 0. The molecule has 1 saturated heterocycles. The van der Waals surface area contributed by atoms with Crippen molar-refractivity contribution in [2.24, 2.45) is 0 Å². The van der Waals surface area contributed by atoms with Crippen molar-refractivity contribution in [3.05, 3.63) is 53.9 Å². The Morgan fingerprint density at radius 3 is 1.85 bits per heavy atom. The summed E-state index contributed by atoms with van der Waals surface area (Å²) in [5.74, 6) is -4.08. The molecule has 226 valence electrons. The van der Waals surface area contributed by atoms with Gasteiger partial charge in [-0.15, -0.1) is 0 Å². The largest absolute Gasteiger partial charge is 0.481 e. The molecule has 0 unspecified atom stereocenters. The molecule has 0 aliphatic carbocycles. The Hall–Kier alpha value is -3.48. The van der Waals surface area contributed by atoms with Crippen LogP contribution in [0.3, 0.4) is 0 Å². The van der Waals surface area contributed by atoms with Crippen molar-refractivity contribution >= 4 is 17.9 Å². The van der Waals surface area contributed by atoms with Crippen LogP contribution in [0.4, 0.5) is 0 Å². The first-order valence-corrected chi connectivity index (χ1v) is 13.7. The lowest BCUT2D eigenvalue weighted by Crippen LogP contribution is -2.62. The molecule has 2 aromatic rings. The minimum absolute atomic E-state index is 0.115. The van der Waals surface area contributed by atoms with Crippen molar-refractivity contribution in [3.8, 4) is 0 Å². The van der Waals surface area contributed by atoms with E-state index in [2.05, 4.69) is 71.9 Å². The van der Waals surface area contributed by atoms with E-state index in [0.717, 1.165) is 44.6 Å². The standard InChI is InChI=1S/C23H35N5.C6H8O7/c1-6-7-21-25-14-19(15-26-21)17-28(16-18-8-10-24-11-9-18)20-12-22(2,3)27-23(4,5)13-20;7-3(8)1-6(13,5(11)12)2-4(9)10/h8-11,14-15,20,27H,6-7,12-13,16-17H2,1-5H3;13H,1-2H2,(H,7,8)(H,9,10)(H,11,12). The molecule has 41 heavy (non-hydrogen) atoms. The number of aliphatic hydroxyl groups is 1. The van der Waals surface area contributed by atoms with Gasteiger partial charge in [0, 0.05) is 67.0 Å². The average Bonchev–Trinajstić information content (AvgIpc) is 2.83. The maximum atomic E-state index is 10.3. The van der Waals surface area contributed by atoms with E-state index in [4.69, 9.17) is 20.4 Å². The predicted molar refractivity (Wildman–Crippen MR) is 151 cm³/mol. The molecule has 0 spiro atoms. The normalized spacial score (nSPS) is 16.5. The van der Waals surface area contributed by atoms with Crippen LogP contribution in [0, 0.1) is 0 Å². The number of hydrogen-bond donors (Lipinski definition) is 5. The van der Waals surface area contributed by atoms with Gasteiger partial charge in [-0.2, -0.15) is 0 Å².